The fraction of sp³-hybridized carbons (Fsp3) is 0.345. The standard InChI is InChI=1S/C29H30F3N5O5/c1-18-17-36(12-13-37(18)28(40)34-22-11-7-10-21(16-22)29(30,31)32)26(38)24-23(27(39)42-15-14-41-3)19(2)33-25(35-24)20-8-5-4-6-9-20/h4-11,16,18H,12-15,17H2,1-3H3,(H,34,40). The minimum absolute atomic E-state index is 0.00191. The average molecular weight is 586 g/mol. The van der Waals surface area contributed by atoms with Gasteiger partial charge in [-0.25, -0.2) is 19.6 Å². The van der Waals surface area contributed by atoms with Gasteiger partial charge in [0, 0.05) is 44.0 Å². The molecule has 1 aliphatic rings. The summed E-state index contributed by atoms with van der Waals surface area (Å²) >= 11 is 0. The van der Waals surface area contributed by atoms with E-state index >= 15 is 0 Å². The highest BCUT2D eigenvalue weighted by molar-refractivity contribution is 6.05. The number of hydrogen-bond donors (Lipinski definition) is 1. The number of urea groups is 1. The average Bonchev–Trinajstić information content (AvgIpc) is 2.96. The minimum Gasteiger partial charge on any atom is -0.460 e. The number of rotatable bonds is 7. The minimum atomic E-state index is -4.55. The second-order valence-electron chi connectivity index (χ2n) is 9.65. The van der Waals surface area contributed by atoms with E-state index in [1.54, 1.807) is 38.1 Å². The molecule has 0 bridgehead atoms. The number of nitrogens with zero attached hydrogens (tertiary/aromatic N) is 4. The van der Waals surface area contributed by atoms with Crippen LogP contribution in [0.5, 0.6) is 0 Å². The highest BCUT2D eigenvalue weighted by Crippen LogP contribution is 2.31. The number of anilines is 1. The molecule has 3 aromatic rings. The molecule has 1 aromatic heterocycles. The van der Waals surface area contributed by atoms with Crippen LogP contribution in [0.3, 0.4) is 0 Å². The van der Waals surface area contributed by atoms with Crippen molar-refractivity contribution in [1.82, 2.24) is 19.8 Å². The van der Waals surface area contributed by atoms with E-state index in [-0.39, 0.29) is 61.3 Å². The van der Waals surface area contributed by atoms with Crippen LogP contribution in [0.2, 0.25) is 0 Å². The fourth-order valence-electron chi connectivity index (χ4n) is 4.54. The zero-order chi connectivity index (χ0) is 30.4. The van der Waals surface area contributed by atoms with Crippen molar-refractivity contribution in [2.24, 2.45) is 0 Å². The van der Waals surface area contributed by atoms with Crippen LogP contribution in [0.4, 0.5) is 23.7 Å². The van der Waals surface area contributed by atoms with Crippen molar-refractivity contribution in [1.29, 1.82) is 0 Å². The number of esters is 1. The number of piperazine rings is 1. The van der Waals surface area contributed by atoms with Gasteiger partial charge in [-0.3, -0.25) is 4.79 Å². The summed E-state index contributed by atoms with van der Waals surface area (Å²) in [5.74, 6) is -1.04. The quantitative estimate of drug-likeness (QED) is 0.317. The molecule has 2 heterocycles. The Bertz CT molecular complexity index is 1450. The first-order valence-corrected chi connectivity index (χ1v) is 13.1. The van der Waals surface area contributed by atoms with Crippen LogP contribution < -0.4 is 5.32 Å². The number of aryl methyl sites for hydroxylation is 1. The van der Waals surface area contributed by atoms with Crippen molar-refractivity contribution in [3.8, 4) is 11.4 Å². The molecule has 1 atom stereocenters. The lowest BCUT2D eigenvalue weighted by Crippen LogP contribution is -2.56. The third kappa shape index (κ3) is 7.03. The van der Waals surface area contributed by atoms with Gasteiger partial charge in [0.05, 0.1) is 17.9 Å². The van der Waals surface area contributed by atoms with Crippen LogP contribution in [-0.2, 0) is 15.7 Å². The highest BCUT2D eigenvalue weighted by atomic mass is 19.4. The van der Waals surface area contributed by atoms with E-state index in [1.807, 2.05) is 6.07 Å². The zero-order valence-electron chi connectivity index (χ0n) is 23.3. The summed E-state index contributed by atoms with van der Waals surface area (Å²) in [6, 6.07) is 12.3. The summed E-state index contributed by atoms with van der Waals surface area (Å²) in [7, 11) is 1.46. The predicted octanol–water partition coefficient (Wildman–Crippen LogP) is 4.65. The number of benzene rings is 2. The maximum Gasteiger partial charge on any atom is 0.416 e. The van der Waals surface area contributed by atoms with Gasteiger partial charge in [-0.05, 0) is 32.0 Å². The summed E-state index contributed by atoms with van der Waals surface area (Å²) in [6.07, 6.45) is -4.55. The second-order valence-corrected chi connectivity index (χ2v) is 9.65. The molecule has 1 aliphatic heterocycles. The summed E-state index contributed by atoms with van der Waals surface area (Å²) in [4.78, 5) is 51.6. The second kappa shape index (κ2) is 13.0. The van der Waals surface area contributed by atoms with Crippen LogP contribution in [0, 0.1) is 6.92 Å². The fourth-order valence-corrected chi connectivity index (χ4v) is 4.54. The number of carbonyl (C=O) groups is 3. The monoisotopic (exact) mass is 585 g/mol. The molecule has 0 radical (unpaired) electrons. The molecule has 2 aromatic carbocycles. The van der Waals surface area contributed by atoms with Crippen molar-refractivity contribution >= 4 is 23.6 Å². The van der Waals surface area contributed by atoms with Crippen molar-refractivity contribution < 1.29 is 37.0 Å². The molecular weight excluding hydrogens is 555 g/mol. The van der Waals surface area contributed by atoms with Gasteiger partial charge in [0.15, 0.2) is 5.82 Å². The molecule has 222 valence electrons. The van der Waals surface area contributed by atoms with Gasteiger partial charge in [0.25, 0.3) is 5.91 Å². The smallest absolute Gasteiger partial charge is 0.416 e. The lowest BCUT2D eigenvalue weighted by Gasteiger charge is -2.39. The Morgan fingerprint density at radius 1 is 1.02 bits per heavy atom. The van der Waals surface area contributed by atoms with E-state index in [9.17, 15) is 27.6 Å². The van der Waals surface area contributed by atoms with Gasteiger partial charge >= 0.3 is 18.2 Å². The largest absolute Gasteiger partial charge is 0.460 e. The molecule has 10 nitrogen and oxygen atoms in total. The highest BCUT2D eigenvalue weighted by Gasteiger charge is 2.35. The van der Waals surface area contributed by atoms with Gasteiger partial charge in [-0.2, -0.15) is 13.2 Å². The molecule has 1 saturated heterocycles. The molecule has 0 spiro atoms. The summed E-state index contributed by atoms with van der Waals surface area (Å²) in [5.41, 5.74) is -0.149. The molecule has 1 fully saturated rings. The maximum absolute atomic E-state index is 13.8. The number of halogens is 3. The lowest BCUT2D eigenvalue weighted by molar-refractivity contribution is -0.137. The van der Waals surface area contributed by atoms with Crippen LogP contribution in [0.25, 0.3) is 11.4 Å². The van der Waals surface area contributed by atoms with E-state index in [4.69, 9.17) is 9.47 Å². The number of hydrogen-bond acceptors (Lipinski definition) is 7. The molecule has 42 heavy (non-hydrogen) atoms. The van der Waals surface area contributed by atoms with Crippen LogP contribution in [-0.4, -0.2) is 83.7 Å². The number of aromatic nitrogens is 2. The number of nitrogens with one attached hydrogen (secondary N) is 1. The van der Waals surface area contributed by atoms with Gasteiger partial charge in [0.2, 0.25) is 0 Å². The first-order chi connectivity index (χ1) is 20.0. The number of methoxy groups -OCH3 is 1. The predicted molar refractivity (Wildman–Crippen MR) is 147 cm³/mol. The third-order valence-electron chi connectivity index (χ3n) is 6.67. The first kappa shape index (κ1) is 30.4. The van der Waals surface area contributed by atoms with Crippen molar-refractivity contribution in [2.45, 2.75) is 26.1 Å². The molecule has 0 aliphatic carbocycles. The molecule has 1 N–H and O–H groups in total. The Labute approximate surface area is 240 Å². The first-order valence-electron chi connectivity index (χ1n) is 13.1. The molecule has 4 rings (SSSR count). The van der Waals surface area contributed by atoms with Gasteiger partial charge < -0.3 is 24.6 Å². The molecule has 13 heteroatoms. The van der Waals surface area contributed by atoms with E-state index in [1.165, 1.54) is 29.0 Å². The Kier molecular flexibility index (Phi) is 9.41. The summed E-state index contributed by atoms with van der Waals surface area (Å²) in [5, 5.41) is 2.50. The van der Waals surface area contributed by atoms with Crippen LogP contribution in [0.1, 0.15) is 39.0 Å². The van der Waals surface area contributed by atoms with Crippen molar-refractivity contribution in [3.05, 3.63) is 77.1 Å². The van der Waals surface area contributed by atoms with Crippen molar-refractivity contribution in [2.75, 3.05) is 45.3 Å². The van der Waals surface area contributed by atoms with Crippen molar-refractivity contribution in [3.63, 3.8) is 0 Å². The Morgan fingerprint density at radius 3 is 2.43 bits per heavy atom. The Balaban J connectivity index is 1.55. The van der Waals surface area contributed by atoms with Gasteiger partial charge in [0.1, 0.15) is 17.9 Å². The Morgan fingerprint density at radius 2 is 1.76 bits per heavy atom. The maximum atomic E-state index is 13.8. The normalized spacial score (nSPS) is 15.3. The van der Waals surface area contributed by atoms with Crippen LogP contribution >= 0.6 is 0 Å². The van der Waals surface area contributed by atoms with E-state index in [0.717, 1.165) is 12.1 Å². The molecule has 1 unspecified atom stereocenters. The molecule has 3 amide bonds. The van der Waals surface area contributed by atoms with Crippen LogP contribution in [0.15, 0.2) is 54.6 Å². The number of amides is 3. The van der Waals surface area contributed by atoms with E-state index in [2.05, 4.69) is 15.3 Å². The number of ether oxygens (including phenoxy) is 2. The summed E-state index contributed by atoms with van der Waals surface area (Å²) in [6.45, 7) is 3.74. The summed E-state index contributed by atoms with van der Waals surface area (Å²) < 4.78 is 49.5. The van der Waals surface area contributed by atoms with E-state index in [0.29, 0.717) is 5.56 Å². The topological polar surface area (TPSA) is 114 Å². The SMILES string of the molecule is COCCOC(=O)c1c(C)nc(-c2ccccc2)nc1C(=O)N1CCN(C(=O)Nc2cccc(C(F)(F)F)c2)C(C)C1. The molecular formula is C29H30F3N5O5. The zero-order valence-corrected chi connectivity index (χ0v) is 23.3. The Hall–Kier alpha value is -4.52. The number of carbonyl (C=O) groups excluding carboxylic acids is 3. The van der Waals surface area contributed by atoms with Gasteiger partial charge in [-0.15, -0.1) is 0 Å². The molecule has 0 saturated carbocycles. The van der Waals surface area contributed by atoms with Gasteiger partial charge in [-0.1, -0.05) is 36.4 Å². The lowest BCUT2D eigenvalue weighted by atomic mass is 10.1. The van der Waals surface area contributed by atoms with E-state index < -0.39 is 35.7 Å². The number of alkyl halides is 3. The third-order valence-corrected chi connectivity index (χ3v) is 6.67.